The van der Waals surface area contributed by atoms with Crippen LogP contribution >= 0.6 is 11.6 Å². The van der Waals surface area contributed by atoms with Crippen LogP contribution in [0.4, 0.5) is 13.2 Å². The topological polar surface area (TPSA) is 91.8 Å². The first-order valence-corrected chi connectivity index (χ1v) is 14.7. The number of carbonyl (C=O) groups excluding carboxylic acids is 3. The number of hydrogen-bond donors (Lipinski definition) is 1. The summed E-state index contributed by atoms with van der Waals surface area (Å²) in [6.45, 7) is 7.15. The fourth-order valence-electron chi connectivity index (χ4n) is 5.14. The van der Waals surface area contributed by atoms with Gasteiger partial charge in [-0.2, -0.15) is 13.2 Å². The van der Waals surface area contributed by atoms with Gasteiger partial charge < -0.3 is 19.9 Å². The van der Waals surface area contributed by atoms with Gasteiger partial charge in [0.25, 0.3) is 0 Å². The molecule has 3 fully saturated rings. The highest BCUT2D eigenvalue weighted by Crippen LogP contribution is 2.47. The zero-order valence-electron chi connectivity index (χ0n) is 25.0. The first kappa shape index (κ1) is 34.2. The predicted octanol–water partition coefficient (Wildman–Crippen LogP) is 5.47. The second-order valence-electron chi connectivity index (χ2n) is 11.4. The molecule has 1 N–H and O–H groups in total. The van der Waals surface area contributed by atoms with E-state index in [2.05, 4.69) is 40.2 Å². The van der Waals surface area contributed by atoms with Crippen LogP contribution in [0.5, 0.6) is 5.75 Å². The number of nitrogens with one attached hydrogen (secondary N) is 1. The highest BCUT2D eigenvalue weighted by atomic mass is 35.5. The maximum absolute atomic E-state index is 13.0. The minimum absolute atomic E-state index is 0.0708. The third kappa shape index (κ3) is 9.32. The van der Waals surface area contributed by atoms with Crippen molar-refractivity contribution >= 4 is 29.8 Å². The van der Waals surface area contributed by atoms with Crippen LogP contribution in [0, 0.1) is 18.3 Å². The normalized spacial score (nSPS) is 19.3. The lowest BCUT2D eigenvalue weighted by atomic mass is 9.94. The third-order valence-electron chi connectivity index (χ3n) is 8.20. The van der Waals surface area contributed by atoms with E-state index in [1.165, 1.54) is 18.7 Å². The lowest BCUT2D eigenvalue weighted by molar-refractivity contribution is -0.142. The first-order valence-electron chi connectivity index (χ1n) is 14.3. The lowest BCUT2D eigenvalue weighted by Gasteiger charge is -2.34. The summed E-state index contributed by atoms with van der Waals surface area (Å²) in [5, 5.41) is 3.05. The molecular weight excluding hydrogens is 585 g/mol. The number of hydrogen-bond acceptors (Lipinski definition) is 5. The van der Waals surface area contributed by atoms with E-state index in [1.54, 1.807) is 7.05 Å². The van der Waals surface area contributed by atoms with Gasteiger partial charge in [-0.25, -0.2) is 4.98 Å². The molecule has 1 saturated carbocycles. The summed E-state index contributed by atoms with van der Waals surface area (Å²) in [4.78, 5) is 41.7. The predicted molar refractivity (Wildman–Crippen MR) is 158 cm³/mol. The maximum atomic E-state index is 13.0. The van der Waals surface area contributed by atoms with Crippen molar-refractivity contribution in [3.05, 3.63) is 58.4 Å². The monoisotopic (exact) mass is 624 g/mol. The van der Waals surface area contributed by atoms with Crippen molar-refractivity contribution in [3.63, 3.8) is 0 Å². The van der Waals surface area contributed by atoms with Crippen LogP contribution in [0.15, 0.2) is 36.5 Å². The molecule has 2 aromatic rings. The highest BCUT2D eigenvalue weighted by Gasteiger charge is 2.48. The zero-order valence-corrected chi connectivity index (χ0v) is 25.8. The summed E-state index contributed by atoms with van der Waals surface area (Å²) in [5.74, 6) is 1.33. The summed E-state index contributed by atoms with van der Waals surface area (Å²) in [5.41, 5.74) is 1.31. The first-order chi connectivity index (χ1) is 20.3. The van der Waals surface area contributed by atoms with Gasteiger partial charge in [-0.1, -0.05) is 30.7 Å². The van der Waals surface area contributed by atoms with E-state index >= 15 is 0 Å². The van der Waals surface area contributed by atoms with E-state index in [-0.39, 0.29) is 17.2 Å². The van der Waals surface area contributed by atoms with Gasteiger partial charge >= 0.3 is 6.18 Å². The standard InChI is InChI=1S/C22H29ClN2O2.C7H6F3NO.C2H5NO/c1-15-3-4-17(13-19(15)23)18-7-12-25(14-18)20(26)16-5-10-24(11-6-16)21(27)22(2)8-9-22;1-12-5-2-3-6(11-4-5)7(8,9)10;1-3-2-4/h3-4,13,16,18H,5-12,14H2,1-2H3;2-4H,1H3;2H,1H3,(H,3,4)/t18-;;/m0../s1. The van der Waals surface area contributed by atoms with E-state index in [4.69, 9.17) is 16.4 Å². The molecule has 0 bridgehead atoms. The van der Waals surface area contributed by atoms with Crippen molar-refractivity contribution in [1.82, 2.24) is 20.1 Å². The molecule has 1 aliphatic carbocycles. The molecule has 3 amide bonds. The minimum Gasteiger partial charge on any atom is -0.495 e. The molecule has 1 aromatic heterocycles. The Balaban J connectivity index is 0.000000263. The SMILES string of the molecule is CNC=O.COc1ccc(C(F)(F)F)nc1.Cc1ccc([C@H]2CCN(C(=O)C3CCN(C(=O)C4(C)CC4)CC3)C2)cc1Cl. The van der Waals surface area contributed by atoms with E-state index in [0.29, 0.717) is 24.0 Å². The average molecular weight is 625 g/mol. The molecule has 236 valence electrons. The van der Waals surface area contributed by atoms with Crippen molar-refractivity contribution in [2.45, 2.75) is 58.0 Å². The summed E-state index contributed by atoms with van der Waals surface area (Å²) >= 11 is 6.28. The number of methoxy groups -OCH3 is 1. The van der Waals surface area contributed by atoms with Crippen LogP contribution < -0.4 is 10.1 Å². The highest BCUT2D eigenvalue weighted by molar-refractivity contribution is 6.31. The van der Waals surface area contributed by atoms with Gasteiger partial charge in [-0.3, -0.25) is 14.4 Å². The molecule has 2 saturated heterocycles. The quantitative estimate of drug-likeness (QED) is 0.445. The van der Waals surface area contributed by atoms with Crippen LogP contribution in [0.1, 0.15) is 61.8 Å². The molecule has 1 atom stereocenters. The molecule has 3 heterocycles. The Kier molecular flexibility index (Phi) is 11.8. The molecule has 0 unspecified atom stereocenters. The number of alkyl halides is 3. The number of aromatic nitrogens is 1. The summed E-state index contributed by atoms with van der Waals surface area (Å²) in [6.07, 6.45) is 1.91. The number of pyridine rings is 1. The van der Waals surface area contributed by atoms with E-state index in [1.807, 2.05) is 16.7 Å². The number of ether oxygens (including phenoxy) is 1. The molecular formula is C31H40ClF3N4O4. The van der Waals surface area contributed by atoms with Gasteiger partial charge in [0, 0.05) is 55.5 Å². The Hall–Kier alpha value is -3.34. The fourth-order valence-corrected chi connectivity index (χ4v) is 5.32. The van der Waals surface area contributed by atoms with E-state index < -0.39 is 11.9 Å². The Morgan fingerprint density at radius 1 is 1.09 bits per heavy atom. The number of aryl methyl sites for hydroxylation is 1. The lowest BCUT2D eigenvalue weighted by Crippen LogP contribution is -2.45. The number of rotatable bonds is 5. The summed E-state index contributed by atoms with van der Waals surface area (Å²) < 4.78 is 40.4. The largest absolute Gasteiger partial charge is 0.495 e. The van der Waals surface area contributed by atoms with Crippen molar-refractivity contribution in [3.8, 4) is 5.75 Å². The Labute approximate surface area is 255 Å². The second-order valence-corrected chi connectivity index (χ2v) is 11.8. The van der Waals surface area contributed by atoms with Crippen LogP contribution in [0.25, 0.3) is 0 Å². The zero-order chi connectivity index (χ0) is 31.8. The number of benzene rings is 1. The fraction of sp³-hybridized carbons (Fsp3) is 0.548. The van der Waals surface area contributed by atoms with Gasteiger partial charge in [-0.05, 0) is 68.4 Å². The van der Waals surface area contributed by atoms with E-state index in [0.717, 1.165) is 81.1 Å². The van der Waals surface area contributed by atoms with Gasteiger partial charge in [0.05, 0.1) is 13.3 Å². The second kappa shape index (κ2) is 14.9. The summed E-state index contributed by atoms with van der Waals surface area (Å²) in [6, 6.07) is 8.35. The molecule has 3 aliphatic rings. The number of nitrogens with zero attached hydrogens (tertiary/aromatic N) is 3. The average Bonchev–Trinajstić information content (AvgIpc) is 3.57. The molecule has 2 aliphatic heterocycles. The molecule has 0 radical (unpaired) electrons. The number of carbonyl (C=O) groups is 3. The van der Waals surface area contributed by atoms with Crippen LogP contribution in [0.3, 0.4) is 0 Å². The van der Waals surface area contributed by atoms with Crippen LogP contribution in [-0.2, 0) is 20.6 Å². The maximum Gasteiger partial charge on any atom is 0.433 e. The van der Waals surface area contributed by atoms with Gasteiger partial charge in [0.15, 0.2) is 0 Å². The Morgan fingerprint density at radius 3 is 2.21 bits per heavy atom. The third-order valence-corrected chi connectivity index (χ3v) is 8.60. The number of likely N-dealkylation sites (tertiary alicyclic amines) is 2. The van der Waals surface area contributed by atoms with E-state index in [9.17, 15) is 22.8 Å². The van der Waals surface area contributed by atoms with Gasteiger partial charge in [0.2, 0.25) is 18.2 Å². The van der Waals surface area contributed by atoms with Crippen molar-refractivity contribution in [2.75, 3.05) is 40.3 Å². The van der Waals surface area contributed by atoms with Gasteiger partial charge in [-0.15, -0.1) is 0 Å². The molecule has 1 aromatic carbocycles. The van der Waals surface area contributed by atoms with Crippen LogP contribution in [0.2, 0.25) is 5.02 Å². The molecule has 12 heteroatoms. The number of piperidine rings is 1. The smallest absolute Gasteiger partial charge is 0.433 e. The molecule has 43 heavy (non-hydrogen) atoms. The van der Waals surface area contributed by atoms with Crippen LogP contribution in [-0.4, -0.2) is 73.3 Å². The Morgan fingerprint density at radius 2 is 1.72 bits per heavy atom. The minimum atomic E-state index is -4.38. The summed E-state index contributed by atoms with van der Waals surface area (Å²) in [7, 11) is 2.93. The van der Waals surface area contributed by atoms with Crippen molar-refractivity contribution in [2.24, 2.45) is 11.3 Å². The Bertz CT molecular complexity index is 1250. The number of amides is 3. The number of halogens is 4. The van der Waals surface area contributed by atoms with Gasteiger partial charge in [0.1, 0.15) is 11.4 Å². The molecule has 8 nitrogen and oxygen atoms in total. The van der Waals surface area contributed by atoms with Crippen molar-refractivity contribution < 1.29 is 32.3 Å². The molecule has 0 spiro atoms. The van der Waals surface area contributed by atoms with Crippen molar-refractivity contribution in [1.29, 1.82) is 0 Å². The molecule has 5 rings (SSSR count).